The normalized spacial score (nSPS) is 21.8. The van der Waals surface area contributed by atoms with Crippen LogP contribution in [0.15, 0.2) is 0 Å². The molecule has 132 valence electrons. The third-order valence-electron chi connectivity index (χ3n) is 5.06. The molecule has 1 saturated heterocycles. The maximum absolute atomic E-state index is 12.7. The van der Waals surface area contributed by atoms with Crippen molar-refractivity contribution in [1.29, 1.82) is 0 Å². The summed E-state index contributed by atoms with van der Waals surface area (Å²) in [4.78, 5) is 27.0. The Balaban J connectivity index is 1.45. The maximum atomic E-state index is 12.7. The average molecular weight is 334 g/mol. The number of hydrogen-bond donors (Lipinski definition) is 2. The van der Waals surface area contributed by atoms with Gasteiger partial charge in [-0.05, 0) is 32.1 Å². The summed E-state index contributed by atoms with van der Waals surface area (Å²) in [6.45, 7) is 1.28. The van der Waals surface area contributed by atoms with Gasteiger partial charge in [0.25, 0.3) is 0 Å². The summed E-state index contributed by atoms with van der Waals surface area (Å²) in [6, 6.07) is -0.287. The van der Waals surface area contributed by atoms with Crippen LogP contribution in [-0.4, -0.2) is 56.5 Å². The lowest BCUT2D eigenvalue weighted by molar-refractivity contribution is -0.142. The summed E-state index contributed by atoms with van der Waals surface area (Å²) in [5, 5.41) is 16.6. The zero-order valence-electron chi connectivity index (χ0n) is 14.0. The quantitative estimate of drug-likeness (QED) is 0.750. The van der Waals surface area contributed by atoms with Crippen molar-refractivity contribution in [3.8, 4) is 0 Å². The molecule has 24 heavy (non-hydrogen) atoms. The molecule has 1 aromatic heterocycles. The molecule has 0 aromatic carbocycles. The maximum Gasteiger partial charge on any atom is 0.242 e. The lowest BCUT2D eigenvalue weighted by Gasteiger charge is -2.30. The molecule has 1 saturated carbocycles. The van der Waals surface area contributed by atoms with Gasteiger partial charge in [-0.1, -0.05) is 24.5 Å². The molecule has 1 aliphatic carbocycles. The van der Waals surface area contributed by atoms with Gasteiger partial charge < -0.3 is 10.2 Å². The van der Waals surface area contributed by atoms with E-state index in [0.717, 1.165) is 51.5 Å². The fourth-order valence-electron chi connectivity index (χ4n) is 3.75. The number of nitrogens with one attached hydrogen (secondary N) is 2. The van der Waals surface area contributed by atoms with Gasteiger partial charge in [-0.2, -0.15) is 5.21 Å². The van der Waals surface area contributed by atoms with Gasteiger partial charge in [0.15, 0.2) is 5.82 Å². The van der Waals surface area contributed by atoms with Gasteiger partial charge in [0, 0.05) is 25.4 Å². The number of likely N-dealkylation sites (tertiary alicyclic amines) is 1. The summed E-state index contributed by atoms with van der Waals surface area (Å²) in [5.74, 6) is 0.952. The molecule has 2 heterocycles. The SMILES string of the molecule is O=C(NCCCc1nn[nH]n1)[C@H]1CCCN1C(=O)C1CCCCC1. The van der Waals surface area contributed by atoms with Crippen molar-refractivity contribution in [3.05, 3.63) is 5.82 Å². The molecule has 8 heteroatoms. The average Bonchev–Trinajstić information content (AvgIpc) is 3.30. The van der Waals surface area contributed by atoms with E-state index in [1.54, 1.807) is 0 Å². The summed E-state index contributed by atoms with van der Waals surface area (Å²) < 4.78 is 0. The molecule has 0 spiro atoms. The van der Waals surface area contributed by atoms with Crippen LogP contribution in [0.5, 0.6) is 0 Å². The molecule has 0 bridgehead atoms. The molecule has 1 atom stereocenters. The number of carbonyl (C=O) groups excluding carboxylic acids is 2. The minimum Gasteiger partial charge on any atom is -0.354 e. The van der Waals surface area contributed by atoms with E-state index in [4.69, 9.17) is 0 Å². The highest BCUT2D eigenvalue weighted by molar-refractivity contribution is 5.89. The first kappa shape index (κ1) is 16.9. The predicted molar refractivity (Wildman–Crippen MR) is 86.8 cm³/mol. The van der Waals surface area contributed by atoms with Crippen LogP contribution >= 0.6 is 0 Å². The first-order chi connectivity index (χ1) is 11.8. The van der Waals surface area contributed by atoms with Gasteiger partial charge in [0.1, 0.15) is 6.04 Å². The molecule has 3 rings (SSSR count). The Hall–Kier alpha value is -1.99. The largest absolute Gasteiger partial charge is 0.354 e. The Morgan fingerprint density at radius 1 is 1.17 bits per heavy atom. The lowest BCUT2D eigenvalue weighted by atomic mass is 9.88. The summed E-state index contributed by atoms with van der Waals surface area (Å²) in [6.07, 6.45) is 8.58. The molecule has 2 aliphatic rings. The molecular formula is C16H26N6O2. The van der Waals surface area contributed by atoms with Crippen LogP contribution in [-0.2, 0) is 16.0 Å². The topological polar surface area (TPSA) is 104 Å². The Bertz CT molecular complexity index is 541. The predicted octanol–water partition coefficient (Wildman–Crippen LogP) is 0.820. The van der Waals surface area contributed by atoms with Gasteiger partial charge in [-0.25, -0.2) is 0 Å². The molecule has 8 nitrogen and oxygen atoms in total. The van der Waals surface area contributed by atoms with Gasteiger partial charge >= 0.3 is 0 Å². The fraction of sp³-hybridized carbons (Fsp3) is 0.812. The monoisotopic (exact) mass is 334 g/mol. The molecule has 0 unspecified atom stereocenters. The van der Waals surface area contributed by atoms with E-state index in [1.807, 2.05) is 4.90 Å². The first-order valence-corrected chi connectivity index (χ1v) is 9.06. The van der Waals surface area contributed by atoms with E-state index in [-0.39, 0.29) is 23.8 Å². The van der Waals surface area contributed by atoms with E-state index >= 15 is 0 Å². The molecule has 2 fully saturated rings. The summed E-state index contributed by atoms with van der Waals surface area (Å²) >= 11 is 0. The highest BCUT2D eigenvalue weighted by Crippen LogP contribution is 2.28. The van der Waals surface area contributed by atoms with Crippen LogP contribution in [0, 0.1) is 5.92 Å². The second-order valence-electron chi connectivity index (χ2n) is 6.75. The first-order valence-electron chi connectivity index (χ1n) is 9.06. The summed E-state index contributed by atoms with van der Waals surface area (Å²) in [7, 11) is 0. The number of tetrazole rings is 1. The second-order valence-corrected chi connectivity index (χ2v) is 6.75. The Morgan fingerprint density at radius 2 is 2.00 bits per heavy atom. The van der Waals surface area contributed by atoms with Crippen molar-refractivity contribution in [1.82, 2.24) is 30.8 Å². The van der Waals surface area contributed by atoms with Crippen molar-refractivity contribution in [3.63, 3.8) is 0 Å². The number of aromatic amines is 1. The van der Waals surface area contributed by atoms with Crippen molar-refractivity contribution in [2.24, 2.45) is 5.92 Å². The molecular weight excluding hydrogens is 308 g/mol. The standard InChI is InChI=1S/C16H26N6O2/c23-15(17-10-4-9-14-18-20-21-19-14)13-8-5-11-22(13)16(24)12-6-2-1-3-7-12/h12-13H,1-11H2,(H,17,23)(H,18,19,20,21)/t13-/m1/s1. The van der Waals surface area contributed by atoms with Crippen LogP contribution in [0.25, 0.3) is 0 Å². The number of rotatable bonds is 6. The fourth-order valence-corrected chi connectivity index (χ4v) is 3.75. The zero-order valence-corrected chi connectivity index (χ0v) is 14.0. The molecule has 2 N–H and O–H groups in total. The van der Waals surface area contributed by atoms with Gasteiger partial charge in [0.05, 0.1) is 0 Å². The van der Waals surface area contributed by atoms with Crippen molar-refractivity contribution in [2.45, 2.75) is 63.8 Å². The molecule has 0 radical (unpaired) electrons. The lowest BCUT2D eigenvalue weighted by Crippen LogP contribution is -2.48. The van der Waals surface area contributed by atoms with E-state index in [1.165, 1.54) is 6.42 Å². The van der Waals surface area contributed by atoms with Gasteiger partial charge in [-0.15, -0.1) is 10.2 Å². The van der Waals surface area contributed by atoms with Crippen LogP contribution in [0.3, 0.4) is 0 Å². The highest BCUT2D eigenvalue weighted by Gasteiger charge is 2.37. The second kappa shape index (κ2) is 8.21. The highest BCUT2D eigenvalue weighted by atomic mass is 16.2. The third-order valence-corrected chi connectivity index (χ3v) is 5.06. The van der Waals surface area contributed by atoms with Crippen LogP contribution in [0.4, 0.5) is 0 Å². The molecule has 2 amide bonds. The zero-order chi connectivity index (χ0) is 16.8. The van der Waals surface area contributed by atoms with Crippen molar-refractivity contribution < 1.29 is 9.59 Å². The van der Waals surface area contributed by atoms with Crippen LogP contribution in [0.1, 0.15) is 57.2 Å². The molecule has 1 aliphatic heterocycles. The minimum atomic E-state index is -0.287. The minimum absolute atomic E-state index is 0.0234. The third kappa shape index (κ3) is 4.10. The van der Waals surface area contributed by atoms with Crippen LogP contribution < -0.4 is 5.32 Å². The van der Waals surface area contributed by atoms with E-state index in [2.05, 4.69) is 25.9 Å². The number of H-pyrrole nitrogens is 1. The Morgan fingerprint density at radius 3 is 2.75 bits per heavy atom. The number of aryl methyl sites for hydroxylation is 1. The number of hydrogen-bond acceptors (Lipinski definition) is 5. The number of aromatic nitrogens is 4. The molecule has 1 aromatic rings. The van der Waals surface area contributed by atoms with Crippen molar-refractivity contribution >= 4 is 11.8 Å². The summed E-state index contributed by atoms with van der Waals surface area (Å²) in [5.41, 5.74) is 0. The van der Waals surface area contributed by atoms with Gasteiger partial charge in [0.2, 0.25) is 11.8 Å². The van der Waals surface area contributed by atoms with Gasteiger partial charge in [-0.3, -0.25) is 9.59 Å². The van der Waals surface area contributed by atoms with Crippen LogP contribution in [0.2, 0.25) is 0 Å². The Labute approximate surface area is 141 Å². The van der Waals surface area contributed by atoms with E-state index in [9.17, 15) is 9.59 Å². The number of carbonyl (C=O) groups is 2. The Kier molecular flexibility index (Phi) is 5.77. The number of nitrogens with zero attached hydrogens (tertiary/aromatic N) is 4. The number of amides is 2. The van der Waals surface area contributed by atoms with E-state index < -0.39 is 0 Å². The smallest absolute Gasteiger partial charge is 0.242 e. The van der Waals surface area contributed by atoms with Crippen molar-refractivity contribution in [2.75, 3.05) is 13.1 Å². The van der Waals surface area contributed by atoms with E-state index in [0.29, 0.717) is 18.8 Å².